The second-order valence-corrected chi connectivity index (χ2v) is 21.3. The molecule has 0 unspecified atom stereocenters. The lowest BCUT2D eigenvalue weighted by Crippen LogP contribution is -2.28. The molecule has 82 heavy (non-hydrogen) atoms. The number of fused-ring (bicyclic) bond motifs is 7. The summed E-state index contributed by atoms with van der Waals surface area (Å²) in [6.07, 6.45) is 0. The first-order valence-corrected chi connectivity index (χ1v) is 30.0. The lowest BCUT2D eigenvalue weighted by molar-refractivity contribution is 0.767. The quantitative estimate of drug-likeness (QED) is 0.135. The number of hydrogen-bond acceptors (Lipinski definition) is 3. The van der Waals surface area contributed by atoms with Crippen LogP contribution in [0.4, 0.5) is 34.1 Å². The van der Waals surface area contributed by atoms with Crippen molar-refractivity contribution in [2.45, 2.75) is 60.8 Å². The number of rotatable bonds is 10. The molecular weight excluding hydrogens is 1010 g/mol. The van der Waals surface area contributed by atoms with Gasteiger partial charge in [0.05, 0.1) is 11.1 Å². The molecule has 0 amide bonds. The number of aryl methyl sites for hydroxylation is 2. The van der Waals surface area contributed by atoms with Gasteiger partial charge in [-0.2, -0.15) is 0 Å². The van der Waals surface area contributed by atoms with E-state index in [0.29, 0.717) is 0 Å². The van der Waals surface area contributed by atoms with Crippen LogP contribution in [-0.2, 0) is 5.41 Å². The smallest absolute Gasteiger partial charge is 0.0713 e. The Bertz CT molecular complexity index is 4210. The van der Waals surface area contributed by atoms with Crippen molar-refractivity contribution < 1.29 is 0 Å². The van der Waals surface area contributed by atoms with Crippen LogP contribution in [-0.4, -0.2) is 0 Å². The van der Waals surface area contributed by atoms with Crippen molar-refractivity contribution in [1.29, 1.82) is 0 Å². The molecule has 14 rings (SSSR count). The largest absolute Gasteiger partial charge is 0.310 e. The van der Waals surface area contributed by atoms with Crippen molar-refractivity contribution in [3.8, 4) is 33.4 Å². The van der Waals surface area contributed by atoms with Gasteiger partial charge < -0.3 is 9.80 Å². The number of para-hydroxylation sites is 2. The first-order chi connectivity index (χ1) is 40.5. The molecule has 0 saturated carbocycles. The highest BCUT2D eigenvalue weighted by Gasteiger charge is 2.46. The normalized spacial score (nSPS) is 11.8. The second kappa shape index (κ2) is 24.2. The van der Waals surface area contributed by atoms with Gasteiger partial charge in [-0.1, -0.05) is 253 Å². The van der Waals surface area contributed by atoms with Gasteiger partial charge in [-0.25, -0.2) is 0 Å². The Kier molecular flexibility index (Phi) is 16.1. The summed E-state index contributed by atoms with van der Waals surface area (Å²) in [5.74, 6) is 0. The molecule has 0 aliphatic heterocycles. The Morgan fingerprint density at radius 2 is 0.793 bits per heavy atom. The van der Waals surface area contributed by atoms with Crippen molar-refractivity contribution in [2.24, 2.45) is 0 Å². The van der Waals surface area contributed by atoms with Crippen LogP contribution in [0.3, 0.4) is 0 Å². The fourth-order valence-electron chi connectivity index (χ4n) is 12.0. The van der Waals surface area contributed by atoms with Crippen molar-refractivity contribution in [2.75, 3.05) is 9.80 Å². The zero-order chi connectivity index (χ0) is 56.7. The van der Waals surface area contributed by atoms with E-state index >= 15 is 0 Å². The molecule has 0 bridgehead atoms. The van der Waals surface area contributed by atoms with Crippen LogP contribution < -0.4 is 9.80 Å². The van der Waals surface area contributed by atoms with Crippen molar-refractivity contribution in [3.05, 3.63) is 312 Å². The topological polar surface area (TPSA) is 6.48 Å². The van der Waals surface area contributed by atoms with Gasteiger partial charge in [0.15, 0.2) is 0 Å². The highest BCUT2D eigenvalue weighted by Crippen LogP contribution is 2.58. The summed E-state index contributed by atoms with van der Waals surface area (Å²) in [5.41, 5.74) is 20.7. The summed E-state index contributed by atoms with van der Waals surface area (Å²) < 4.78 is 2.63. The van der Waals surface area contributed by atoms with Gasteiger partial charge in [0.1, 0.15) is 0 Å². The molecule has 1 heterocycles. The third-order valence-corrected chi connectivity index (χ3v) is 16.8. The van der Waals surface area contributed by atoms with Crippen LogP contribution in [0.15, 0.2) is 279 Å². The summed E-state index contributed by atoms with van der Waals surface area (Å²) in [4.78, 5) is 4.87. The fraction of sp³-hybridized carbons (Fsp3) is 0.114. The van der Waals surface area contributed by atoms with E-state index in [0.717, 1.165) is 45.3 Å². The fourth-order valence-corrected chi connectivity index (χ4v) is 13.1. The van der Waals surface area contributed by atoms with Crippen LogP contribution >= 0.6 is 11.3 Å². The van der Waals surface area contributed by atoms with E-state index < -0.39 is 5.41 Å². The molecule has 1 aliphatic rings. The van der Waals surface area contributed by atoms with Crippen LogP contribution in [0.5, 0.6) is 0 Å². The average molecular weight is 1080 g/mol. The van der Waals surface area contributed by atoms with Gasteiger partial charge in [0.25, 0.3) is 0 Å². The molecule has 0 N–H and O–H groups in total. The van der Waals surface area contributed by atoms with Gasteiger partial charge in [-0.3, -0.25) is 0 Å². The first kappa shape index (κ1) is 54.7. The van der Waals surface area contributed by atoms with Crippen LogP contribution in [0.1, 0.15) is 74.9 Å². The summed E-state index contributed by atoms with van der Waals surface area (Å²) in [6.45, 7) is 16.3. The summed E-state index contributed by atoms with van der Waals surface area (Å²) in [6, 6.07) is 104. The Morgan fingerprint density at radius 3 is 1.46 bits per heavy atom. The highest BCUT2D eigenvalue weighted by molar-refractivity contribution is 7.25. The molecule has 1 aliphatic carbocycles. The van der Waals surface area contributed by atoms with E-state index in [4.69, 9.17) is 0 Å². The summed E-state index contributed by atoms with van der Waals surface area (Å²) in [7, 11) is 0. The first-order valence-electron chi connectivity index (χ1n) is 29.2. The average Bonchev–Trinajstić information content (AvgIpc) is 1.94. The molecule has 0 radical (unpaired) electrons. The molecule has 2 nitrogen and oxygen atoms in total. The molecule has 13 aromatic rings. The maximum absolute atomic E-state index is 2.46. The number of benzene rings is 12. The summed E-state index contributed by atoms with van der Waals surface area (Å²) in [5, 5.41) is 5.01. The summed E-state index contributed by atoms with van der Waals surface area (Å²) >= 11 is 1.86. The monoisotopic (exact) mass is 1080 g/mol. The second-order valence-electron chi connectivity index (χ2n) is 20.2. The minimum absolute atomic E-state index is 0.513. The zero-order valence-electron chi connectivity index (χ0n) is 48.4. The SMILES string of the molecule is CC.CC.CC.Cc1ccc(C2(c3ccc(C)cc3)c3ccccc3-c3cc(N(c4ccc(-c5ccc(-c6ccc7sc8ccccc8c7c6)cc5)c(N(c5ccccc5)c5ccccc5)c4)c4ccc5ccccc5c4)ccc32)cc1. The van der Waals surface area contributed by atoms with E-state index in [-0.39, 0.29) is 0 Å². The standard InChI is InChI=1S/C73H52N2S.3C2H6/c1-49-25-35-56(36-26-49)73(57-37-27-50(2)28-38-57)68-23-13-11-21-64(68)66-47-61(41-43-69(66)73)74(60-39-33-51-15-9-10-16-54(51)45-60)62-40-42-63(70(48-62)75(58-17-5-3-6-18-58)59-19-7-4-8-20-59)53-31-29-52(30-32-53)55-34-44-72-67(46-55)65-22-12-14-24-71(65)76-72;3*1-2/h3-48H,1-2H3;3*1-2H3. The Labute approximate surface area is 489 Å². The Hall–Kier alpha value is -9.28. The molecular formula is C79H70N2S. The number of thiophene rings is 1. The van der Waals surface area contributed by atoms with E-state index in [2.05, 4.69) is 303 Å². The molecule has 12 aromatic carbocycles. The van der Waals surface area contributed by atoms with Crippen LogP contribution in [0.25, 0.3) is 64.3 Å². The minimum atomic E-state index is -0.513. The van der Waals surface area contributed by atoms with Crippen LogP contribution in [0, 0.1) is 13.8 Å². The van der Waals surface area contributed by atoms with Crippen molar-refractivity contribution in [1.82, 2.24) is 0 Å². The predicted molar refractivity (Wildman–Crippen MR) is 358 cm³/mol. The maximum atomic E-state index is 2.46. The lowest BCUT2D eigenvalue weighted by atomic mass is 9.67. The highest BCUT2D eigenvalue weighted by atomic mass is 32.1. The molecule has 0 atom stereocenters. The third kappa shape index (κ3) is 9.97. The lowest BCUT2D eigenvalue weighted by Gasteiger charge is -2.34. The van der Waals surface area contributed by atoms with Gasteiger partial charge in [-0.05, 0) is 154 Å². The number of anilines is 6. The van der Waals surface area contributed by atoms with Crippen LogP contribution in [0.2, 0.25) is 0 Å². The van der Waals surface area contributed by atoms with E-state index in [9.17, 15) is 0 Å². The van der Waals surface area contributed by atoms with E-state index in [1.54, 1.807) is 0 Å². The Morgan fingerprint density at radius 1 is 0.293 bits per heavy atom. The minimum Gasteiger partial charge on any atom is -0.310 e. The molecule has 0 spiro atoms. The van der Waals surface area contributed by atoms with Crippen molar-refractivity contribution in [3.63, 3.8) is 0 Å². The van der Waals surface area contributed by atoms with Gasteiger partial charge in [0.2, 0.25) is 0 Å². The third-order valence-electron chi connectivity index (χ3n) is 15.7. The van der Waals surface area contributed by atoms with Gasteiger partial charge in [0, 0.05) is 54.2 Å². The molecule has 1 aromatic heterocycles. The maximum Gasteiger partial charge on any atom is 0.0713 e. The predicted octanol–water partition coefficient (Wildman–Crippen LogP) is 23.5. The zero-order valence-corrected chi connectivity index (χ0v) is 49.2. The molecule has 0 saturated heterocycles. The number of hydrogen-bond donors (Lipinski definition) is 0. The van der Waals surface area contributed by atoms with Crippen molar-refractivity contribution >= 4 is 76.4 Å². The molecule has 402 valence electrons. The molecule has 0 fully saturated rings. The Balaban J connectivity index is 0.00000114. The molecule has 3 heteroatoms. The number of nitrogens with zero attached hydrogens (tertiary/aromatic N) is 2. The van der Waals surface area contributed by atoms with E-state index in [1.807, 2.05) is 52.9 Å². The van der Waals surface area contributed by atoms with E-state index in [1.165, 1.54) is 86.6 Å². The van der Waals surface area contributed by atoms with Gasteiger partial charge >= 0.3 is 0 Å². The van der Waals surface area contributed by atoms with Gasteiger partial charge in [-0.15, -0.1) is 11.3 Å².